The molecule has 0 bridgehead atoms. The molecule has 0 radical (unpaired) electrons. The number of aromatic nitrogens is 4. The fourth-order valence-electron chi connectivity index (χ4n) is 2.68. The first kappa shape index (κ1) is 25.1. The Balaban J connectivity index is 1.72. The molecule has 1 fully saturated rings. The van der Waals surface area contributed by atoms with Gasteiger partial charge < -0.3 is 44.8 Å². The SMILES string of the molecule is Nc1nc2c(ncn2[C@@H]2O[C@H](CO[32P](=O)([O-])OP(=O)([O-])OP(=O)([O-])O)[C@@H](O)[C@H]2O)c(=O)[nH]1. The lowest BCUT2D eigenvalue weighted by Crippen LogP contribution is -2.34. The van der Waals surface area contributed by atoms with Crippen LogP contribution in [0.4, 0.5) is 5.95 Å². The van der Waals surface area contributed by atoms with Crippen molar-refractivity contribution in [3.8, 4) is 0 Å². The van der Waals surface area contributed by atoms with Gasteiger partial charge in [-0.15, -0.1) is 0 Å². The summed E-state index contributed by atoms with van der Waals surface area (Å²) in [6, 6.07) is 0. The molecule has 6 N–H and O–H groups in total. The van der Waals surface area contributed by atoms with E-state index in [9.17, 15) is 43.4 Å². The lowest BCUT2D eigenvalue weighted by molar-refractivity contribution is -0.250. The second-order valence-corrected chi connectivity index (χ2v) is 10.4. The summed E-state index contributed by atoms with van der Waals surface area (Å²) in [5.74, 6) is -0.295. The summed E-state index contributed by atoms with van der Waals surface area (Å²) in [6.07, 6.45) is -5.57. The summed E-state index contributed by atoms with van der Waals surface area (Å²) in [5.41, 5.74) is 4.41. The predicted octanol–water partition coefficient (Wildman–Crippen LogP) is -4.23. The minimum absolute atomic E-state index is 0.141. The number of phosphoric acid groups is 3. The maximum absolute atomic E-state index is 11.8. The van der Waals surface area contributed by atoms with Crippen molar-refractivity contribution in [1.82, 2.24) is 19.5 Å². The number of anilines is 1. The molecule has 3 heterocycles. The van der Waals surface area contributed by atoms with E-state index in [1.54, 1.807) is 0 Å². The minimum atomic E-state index is -6.11. The zero-order valence-electron chi connectivity index (χ0n) is 15.2. The first-order valence-corrected chi connectivity index (χ1v) is 12.5. The Labute approximate surface area is 175 Å². The molecule has 2 aromatic heterocycles. The molecular formula is C10H13N5O14P3-3. The molecule has 1 saturated heterocycles. The molecule has 1 aliphatic rings. The quantitative estimate of drug-likeness (QED) is 0.205. The normalized spacial score (nSPS) is 29.4. The molecule has 0 amide bonds. The van der Waals surface area contributed by atoms with Gasteiger partial charge in [0, 0.05) is 0 Å². The minimum Gasteiger partial charge on any atom is -0.756 e. The maximum atomic E-state index is 11.8. The van der Waals surface area contributed by atoms with Crippen molar-refractivity contribution in [2.24, 2.45) is 0 Å². The second kappa shape index (κ2) is 8.66. The Morgan fingerprint density at radius 1 is 1.19 bits per heavy atom. The predicted molar refractivity (Wildman–Crippen MR) is 91.6 cm³/mol. The van der Waals surface area contributed by atoms with Gasteiger partial charge in [0.25, 0.3) is 29.0 Å². The van der Waals surface area contributed by atoms with E-state index in [1.165, 1.54) is 0 Å². The van der Waals surface area contributed by atoms with Gasteiger partial charge in [0.05, 0.1) is 12.9 Å². The van der Waals surface area contributed by atoms with E-state index in [2.05, 4.69) is 28.1 Å². The molecule has 0 aliphatic carbocycles. The molecule has 0 aromatic carbocycles. The van der Waals surface area contributed by atoms with Gasteiger partial charge in [-0.2, -0.15) is 4.98 Å². The van der Waals surface area contributed by atoms with Crippen LogP contribution in [-0.2, 0) is 31.6 Å². The Kier molecular flexibility index (Phi) is 6.78. The van der Waals surface area contributed by atoms with E-state index in [4.69, 9.17) is 15.4 Å². The summed E-state index contributed by atoms with van der Waals surface area (Å²) >= 11 is 0. The average molecular weight is 521 g/mol. The van der Waals surface area contributed by atoms with Crippen LogP contribution in [0.15, 0.2) is 11.1 Å². The number of phosphoric ester groups is 1. The number of hydrogen-bond donors (Lipinski definition) is 5. The fourth-order valence-corrected chi connectivity index (χ4v) is 5.57. The molecule has 0 saturated carbocycles. The topological polar surface area (TPSA) is 308 Å². The van der Waals surface area contributed by atoms with E-state index in [0.717, 1.165) is 10.9 Å². The number of imidazole rings is 1. The van der Waals surface area contributed by atoms with E-state index >= 15 is 0 Å². The molecule has 32 heavy (non-hydrogen) atoms. The van der Waals surface area contributed by atoms with Crippen molar-refractivity contribution in [1.29, 1.82) is 0 Å². The van der Waals surface area contributed by atoms with Crippen molar-refractivity contribution < 1.29 is 61.4 Å². The molecule has 2 aromatic rings. The third kappa shape index (κ3) is 5.67. The summed E-state index contributed by atoms with van der Waals surface area (Å²) < 4.78 is 50.3. The van der Waals surface area contributed by atoms with Crippen LogP contribution in [0.1, 0.15) is 6.23 Å². The molecule has 1 aliphatic heterocycles. The van der Waals surface area contributed by atoms with Crippen LogP contribution in [0, 0.1) is 0 Å². The average Bonchev–Trinajstić information content (AvgIpc) is 3.12. The summed E-state index contributed by atoms with van der Waals surface area (Å²) in [4.78, 5) is 63.2. The zero-order chi connectivity index (χ0) is 24.1. The van der Waals surface area contributed by atoms with Gasteiger partial charge in [-0.3, -0.25) is 28.0 Å². The number of hydrogen-bond acceptors (Lipinski definition) is 16. The van der Waals surface area contributed by atoms with Gasteiger partial charge in [0.1, 0.15) is 18.3 Å². The van der Waals surface area contributed by atoms with Crippen molar-refractivity contribution in [2.45, 2.75) is 24.5 Å². The largest absolute Gasteiger partial charge is 0.756 e. The van der Waals surface area contributed by atoms with Crippen LogP contribution < -0.4 is 26.0 Å². The molecule has 180 valence electrons. The number of nitrogens with one attached hydrogen (secondary N) is 1. The van der Waals surface area contributed by atoms with Crippen LogP contribution in [-0.4, -0.2) is 59.5 Å². The van der Waals surface area contributed by atoms with E-state index in [1.807, 2.05) is 0 Å². The maximum Gasteiger partial charge on any atom is 0.280 e. The fraction of sp³-hybridized carbons (Fsp3) is 0.500. The van der Waals surface area contributed by atoms with E-state index < -0.39 is 60.2 Å². The third-order valence-corrected chi connectivity index (χ3v) is 7.55. The molecule has 3 rings (SSSR count). The number of H-pyrrole nitrogens is 1. The summed E-state index contributed by atoms with van der Waals surface area (Å²) in [5, 5.41) is 20.3. The smallest absolute Gasteiger partial charge is 0.280 e. The van der Waals surface area contributed by atoms with Crippen molar-refractivity contribution in [3.05, 3.63) is 16.7 Å². The van der Waals surface area contributed by atoms with Crippen LogP contribution >= 0.6 is 23.5 Å². The van der Waals surface area contributed by atoms with Gasteiger partial charge in [-0.05, 0) is 0 Å². The van der Waals surface area contributed by atoms with Crippen molar-refractivity contribution in [2.75, 3.05) is 12.3 Å². The highest BCUT2D eigenvalue weighted by molar-refractivity contribution is 7.65. The molecule has 7 atom stereocenters. The van der Waals surface area contributed by atoms with Crippen LogP contribution in [0.3, 0.4) is 0 Å². The standard InChI is InChI=1S/C10H16N5O14P3/c11-10-13-7-4(8(18)14-10)12-2-15(7)9-6(17)5(16)3(27-9)1-26-31(22,23)29-32(24,25)28-30(19,20)21/h2-3,5-6,9,16-17H,1H2,(H,22,23)(H,24,25)(H2,19,20,21)(H3,11,13,14,18)/p-3/t3-,5-,6-,9-/m1/s1/i31+1. The molecular weight excluding hydrogens is 508 g/mol. The molecule has 3 unspecified atom stereocenters. The van der Waals surface area contributed by atoms with Crippen LogP contribution in [0.25, 0.3) is 11.2 Å². The summed E-state index contributed by atoms with van der Waals surface area (Å²) in [6.45, 7) is -1.12. The number of aliphatic hydroxyl groups excluding tert-OH is 2. The number of ether oxygens (including phenoxy) is 1. The molecule has 22 heteroatoms. The van der Waals surface area contributed by atoms with Crippen LogP contribution in [0.5, 0.6) is 0 Å². The lowest BCUT2D eigenvalue weighted by atomic mass is 10.1. The van der Waals surface area contributed by atoms with Crippen molar-refractivity contribution in [3.63, 3.8) is 0 Å². The van der Waals surface area contributed by atoms with Gasteiger partial charge in [0.2, 0.25) is 5.95 Å². The lowest BCUT2D eigenvalue weighted by Gasteiger charge is -2.33. The highest BCUT2D eigenvalue weighted by atomic mass is 32.2. The molecule has 0 spiro atoms. The Morgan fingerprint density at radius 3 is 2.47 bits per heavy atom. The monoisotopic (exact) mass is 521 g/mol. The zero-order valence-corrected chi connectivity index (χ0v) is 17.9. The Morgan fingerprint density at radius 2 is 1.84 bits per heavy atom. The van der Waals surface area contributed by atoms with Gasteiger partial charge in [0.15, 0.2) is 17.4 Å². The van der Waals surface area contributed by atoms with Crippen LogP contribution in [0.2, 0.25) is 0 Å². The molecule has 19 nitrogen and oxygen atoms in total. The number of nitrogens with zero attached hydrogens (tertiary/aromatic N) is 3. The summed E-state index contributed by atoms with van der Waals surface area (Å²) in [7, 11) is -17.8. The third-order valence-electron chi connectivity index (χ3n) is 3.86. The highest BCUT2D eigenvalue weighted by Crippen LogP contribution is 2.61. The first-order valence-electron chi connectivity index (χ1n) is 8.05. The highest BCUT2D eigenvalue weighted by Gasteiger charge is 2.45. The second-order valence-electron chi connectivity index (χ2n) is 6.14. The van der Waals surface area contributed by atoms with Gasteiger partial charge >= 0.3 is 0 Å². The van der Waals surface area contributed by atoms with E-state index in [0.29, 0.717) is 0 Å². The number of nitrogen functional groups attached to an aromatic ring is 1. The van der Waals surface area contributed by atoms with Gasteiger partial charge in [-0.25, -0.2) is 13.6 Å². The number of rotatable bonds is 8. The number of fused-ring (bicyclic) bond motifs is 1. The van der Waals surface area contributed by atoms with Crippen molar-refractivity contribution >= 4 is 40.6 Å². The first-order chi connectivity index (χ1) is 14.6. The Bertz CT molecular complexity index is 1210. The van der Waals surface area contributed by atoms with E-state index in [-0.39, 0.29) is 17.1 Å². The number of aromatic amines is 1. The number of aliphatic hydroxyl groups is 2. The van der Waals surface area contributed by atoms with Gasteiger partial charge in [-0.1, -0.05) is 0 Å². The Hall–Kier alpha value is -1.56. The number of nitrogens with two attached hydrogens (primary N) is 1.